The fraction of sp³-hybridized carbons (Fsp3) is 0.538. The average molecular weight is 191 g/mol. The van der Waals surface area contributed by atoms with E-state index in [9.17, 15) is 0 Å². The fourth-order valence-corrected chi connectivity index (χ4v) is 2.12. The van der Waals surface area contributed by atoms with E-state index in [0.29, 0.717) is 0 Å². The van der Waals surface area contributed by atoms with Crippen LogP contribution in [0.15, 0.2) is 36.1 Å². The molecule has 0 radical (unpaired) electrons. The minimum Gasteiger partial charge on any atom is -0.399 e. The van der Waals surface area contributed by atoms with Crippen LogP contribution < -0.4 is 5.73 Å². The Kier molecular flexibility index (Phi) is 4.51. The zero-order valence-electron chi connectivity index (χ0n) is 9.13. The van der Waals surface area contributed by atoms with Crippen molar-refractivity contribution in [1.82, 2.24) is 0 Å². The van der Waals surface area contributed by atoms with E-state index in [0.717, 1.165) is 11.6 Å². The molecule has 1 aliphatic carbocycles. The van der Waals surface area contributed by atoms with E-state index >= 15 is 0 Å². The second-order valence-corrected chi connectivity index (χ2v) is 4.13. The first-order valence-electron chi connectivity index (χ1n) is 5.50. The summed E-state index contributed by atoms with van der Waals surface area (Å²) in [5, 5.41) is 0. The smallest absolute Gasteiger partial charge is 0.0313 e. The van der Waals surface area contributed by atoms with Crippen molar-refractivity contribution in [2.45, 2.75) is 39.0 Å². The van der Waals surface area contributed by atoms with E-state index in [1.807, 2.05) is 6.08 Å². The third-order valence-corrected chi connectivity index (χ3v) is 2.95. The van der Waals surface area contributed by atoms with E-state index in [2.05, 4.69) is 19.6 Å². The minimum absolute atomic E-state index is 0.764. The van der Waals surface area contributed by atoms with Crippen LogP contribution in [0, 0.1) is 5.92 Å². The Morgan fingerprint density at radius 1 is 1.29 bits per heavy atom. The summed E-state index contributed by atoms with van der Waals surface area (Å²) in [6.07, 6.45) is 12.5. The molecular weight excluding hydrogens is 170 g/mol. The summed E-state index contributed by atoms with van der Waals surface area (Å²) in [5.74, 6) is 0.764. The first-order valence-corrected chi connectivity index (χ1v) is 5.50. The van der Waals surface area contributed by atoms with E-state index in [1.54, 1.807) is 6.08 Å². The molecule has 0 unspecified atom stereocenters. The molecule has 0 atom stereocenters. The van der Waals surface area contributed by atoms with Gasteiger partial charge >= 0.3 is 0 Å². The van der Waals surface area contributed by atoms with Crippen molar-refractivity contribution in [3.05, 3.63) is 36.1 Å². The van der Waals surface area contributed by atoms with Gasteiger partial charge in [-0.25, -0.2) is 0 Å². The Morgan fingerprint density at radius 2 is 1.93 bits per heavy atom. The summed E-state index contributed by atoms with van der Waals surface area (Å²) in [6.45, 7) is 5.83. The monoisotopic (exact) mass is 191 g/mol. The molecule has 1 aliphatic rings. The zero-order valence-corrected chi connectivity index (χ0v) is 9.13. The van der Waals surface area contributed by atoms with Crippen molar-refractivity contribution < 1.29 is 0 Å². The lowest BCUT2D eigenvalue weighted by Gasteiger charge is -2.22. The number of nitrogens with two attached hydrogens (primary N) is 1. The predicted octanol–water partition coefficient (Wildman–Crippen LogP) is 3.54. The van der Waals surface area contributed by atoms with E-state index < -0.39 is 0 Å². The molecule has 78 valence electrons. The van der Waals surface area contributed by atoms with Crippen LogP contribution >= 0.6 is 0 Å². The maximum atomic E-state index is 5.81. The van der Waals surface area contributed by atoms with E-state index in [-0.39, 0.29) is 0 Å². The van der Waals surface area contributed by atoms with Gasteiger partial charge in [-0.3, -0.25) is 0 Å². The van der Waals surface area contributed by atoms with Gasteiger partial charge in [0, 0.05) is 5.70 Å². The quantitative estimate of drug-likeness (QED) is 0.678. The minimum atomic E-state index is 0.764. The molecule has 1 saturated carbocycles. The molecule has 0 saturated heterocycles. The summed E-state index contributed by atoms with van der Waals surface area (Å²) >= 11 is 0. The fourth-order valence-electron chi connectivity index (χ4n) is 2.12. The lowest BCUT2D eigenvalue weighted by Crippen LogP contribution is -2.08. The second kappa shape index (κ2) is 5.69. The summed E-state index contributed by atoms with van der Waals surface area (Å²) in [4.78, 5) is 0. The molecule has 2 N–H and O–H groups in total. The molecular formula is C13H21N. The highest BCUT2D eigenvalue weighted by molar-refractivity contribution is 5.24. The van der Waals surface area contributed by atoms with Gasteiger partial charge in [-0.1, -0.05) is 37.5 Å². The van der Waals surface area contributed by atoms with Crippen molar-refractivity contribution in [3.8, 4) is 0 Å². The topological polar surface area (TPSA) is 26.0 Å². The molecule has 1 heteroatoms. The van der Waals surface area contributed by atoms with Gasteiger partial charge in [0.15, 0.2) is 0 Å². The summed E-state index contributed by atoms with van der Waals surface area (Å²) in [6, 6.07) is 0. The predicted molar refractivity (Wildman–Crippen MR) is 62.8 cm³/mol. The second-order valence-electron chi connectivity index (χ2n) is 4.13. The summed E-state index contributed by atoms with van der Waals surface area (Å²) in [5.41, 5.74) is 8.06. The average Bonchev–Trinajstić information content (AvgIpc) is 2.19. The zero-order chi connectivity index (χ0) is 10.4. The van der Waals surface area contributed by atoms with Gasteiger partial charge in [-0.2, -0.15) is 0 Å². The van der Waals surface area contributed by atoms with Crippen LogP contribution in [0.4, 0.5) is 0 Å². The largest absolute Gasteiger partial charge is 0.399 e. The Morgan fingerprint density at radius 3 is 2.50 bits per heavy atom. The van der Waals surface area contributed by atoms with Crippen molar-refractivity contribution in [1.29, 1.82) is 0 Å². The van der Waals surface area contributed by atoms with Crippen LogP contribution in [0.1, 0.15) is 39.0 Å². The molecule has 0 aromatic rings. The Hall–Kier alpha value is -0.980. The Labute approximate surface area is 87.4 Å². The molecule has 0 amide bonds. The van der Waals surface area contributed by atoms with Gasteiger partial charge in [0.2, 0.25) is 0 Å². The third kappa shape index (κ3) is 3.41. The molecule has 0 bridgehead atoms. The molecule has 1 fully saturated rings. The highest BCUT2D eigenvalue weighted by Crippen LogP contribution is 2.29. The molecule has 1 nitrogen and oxygen atoms in total. The highest BCUT2D eigenvalue weighted by atomic mass is 14.6. The molecule has 0 aromatic heterocycles. The molecule has 14 heavy (non-hydrogen) atoms. The van der Waals surface area contributed by atoms with Crippen molar-refractivity contribution in [2.75, 3.05) is 0 Å². The SMILES string of the molecule is C=C/C=C(N)\C=C(/C)C1CCCCC1. The summed E-state index contributed by atoms with van der Waals surface area (Å²) in [7, 11) is 0. The lowest BCUT2D eigenvalue weighted by atomic mass is 9.84. The third-order valence-electron chi connectivity index (χ3n) is 2.95. The Balaban J connectivity index is 2.57. The molecule has 0 heterocycles. The number of hydrogen-bond donors (Lipinski definition) is 1. The van der Waals surface area contributed by atoms with Gasteiger partial charge in [0.1, 0.15) is 0 Å². The first-order chi connectivity index (χ1) is 6.74. The van der Waals surface area contributed by atoms with E-state index in [4.69, 9.17) is 5.73 Å². The van der Waals surface area contributed by atoms with Crippen LogP contribution in [0.3, 0.4) is 0 Å². The maximum absolute atomic E-state index is 5.81. The van der Waals surface area contributed by atoms with Crippen LogP contribution in [-0.4, -0.2) is 0 Å². The van der Waals surface area contributed by atoms with Gasteiger partial charge in [-0.15, -0.1) is 0 Å². The molecule has 0 spiro atoms. The van der Waals surface area contributed by atoms with Crippen LogP contribution in [0.25, 0.3) is 0 Å². The van der Waals surface area contributed by atoms with Gasteiger partial charge in [0.25, 0.3) is 0 Å². The van der Waals surface area contributed by atoms with E-state index in [1.165, 1.54) is 37.7 Å². The van der Waals surface area contributed by atoms with Gasteiger partial charge < -0.3 is 5.73 Å². The van der Waals surface area contributed by atoms with Gasteiger partial charge in [0.05, 0.1) is 0 Å². The molecule has 0 aliphatic heterocycles. The van der Waals surface area contributed by atoms with Crippen molar-refractivity contribution >= 4 is 0 Å². The standard InChI is InChI=1S/C13H21N/c1-3-7-13(14)10-11(2)12-8-5-4-6-9-12/h3,7,10,12H,1,4-6,8-9,14H2,2H3/b11-10+,13-7+. The lowest BCUT2D eigenvalue weighted by molar-refractivity contribution is 0.403. The van der Waals surface area contributed by atoms with Crippen LogP contribution in [-0.2, 0) is 0 Å². The van der Waals surface area contributed by atoms with Crippen molar-refractivity contribution in [3.63, 3.8) is 0 Å². The van der Waals surface area contributed by atoms with Crippen LogP contribution in [0.2, 0.25) is 0 Å². The first kappa shape index (κ1) is 11.1. The molecule has 0 aromatic carbocycles. The highest BCUT2D eigenvalue weighted by Gasteiger charge is 2.14. The maximum Gasteiger partial charge on any atom is 0.0313 e. The number of hydrogen-bond acceptors (Lipinski definition) is 1. The number of allylic oxidation sites excluding steroid dienone is 4. The van der Waals surface area contributed by atoms with Gasteiger partial charge in [-0.05, 0) is 37.8 Å². The van der Waals surface area contributed by atoms with Crippen molar-refractivity contribution in [2.24, 2.45) is 11.7 Å². The van der Waals surface area contributed by atoms with Crippen LogP contribution in [0.5, 0.6) is 0 Å². The summed E-state index contributed by atoms with van der Waals surface area (Å²) < 4.78 is 0. The molecule has 1 rings (SSSR count). The Bertz CT molecular complexity index is 242. The number of rotatable bonds is 3. The normalized spacial score (nSPS) is 20.9.